The molecule has 4 heterocycles. The molecule has 0 bridgehead atoms. The second kappa shape index (κ2) is 10.9. The van der Waals surface area contributed by atoms with Crippen LogP contribution in [0.25, 0.3) is 5.69 Å². The standard InChI is InChI=1S/C33H36ClN5S/c1-21-15-18-37(19-16-21)29-14-13-26(20-27(29)34)39-32(31(36-33(39)40)28-12-8-9-17-35-28)30-22(2)23(3)38(24(30)4)25-10-6-5-7-11-25/h5-14,17,20-21,31-32H,15-16,18-19H2,1-4H3,(H,36,40)/t31-,32-/m0/s1. The number of halogens is 1. The molecular weight excluding hydrogens is 534 g/mol. The van der Waals surface area contributed by atoms with E-state index in [1.807, 2.05) is 18.3 Å². The van der Waals surface area contributed by atoms with E-state index in [0.717, 1.165) is 46.8 Å². The Bertz CT molecular complexity index is 1530. The first-order chi connectivity index (χ1) is 19.3. The summed E-state index contributed by atoms with van der Waals surface area (Å²) in [7, 11) is 0. The quantitative estimate of drug-likeness (QED) is 0.247. The summed E-state index contributed by atoms with van der Waals surface area (Å²) < 4.78 is 2.35. The van der Waals surface area contributed by atoms with Crippen LogP contribution in [-0.2, 0) is 0 Å². The molecule has 2 saturated heterocycles. The van der Waals surface area contributed by atoms with Crippen LogP contribution >= 0.6 is 23.8 Å². The zero-order valence-corrected chi connectivity index (χ0v) is 25.1. The van der Waals surface area contributed by atoms with Crippen LogP contribution in [0.3, 0.4) is 0 Å². The van der Waals surface area contributed by atoms with Gasteiger partial charge >= 0.3 is 0 Å². The van der Waals surface area contributed by atoms with Gasteiger partial charge in [0.2, 0.25) is 0 Å². The Morgan fingerprint density at radius 2 is 1.62 bits per heavy atom. The third-order valence-corrected chi connectivity index (χ3v) is 9.37. The van der Waals surface area contributed by atoms with Crippen LogP contribution in [-0.4, -0.2) is 27.8 Å². The summed E-state index contributed by atoms with van der Waals surface area (Å²) in [5, 5.41) is 5.07. The average Bonchev–Trinajstić information content (AvgIpc) is 3.41. The number of thiocarbonyl (C=S) groups is 1. The SMILES string of the molecule is Cc1c([C@H]2[C@H](c3ccccn3)NC(=S)N2c2ccc(N3CCC(C)CC3)c(Cl)c2)c(C)n(-c2ccccc2)c1C. The number of hydrogen-bond donors (Lipinski definition) is 1. The molecule has 7 heteroatoms. The van der Waals surface area contributed by atoms with Crippen molar-refractivity contribution in [2.75, 3.05) is 22.9 Å². The monoisotopic (exact) mass is 569 g/mol. The molecule has 2 aromatic heterocycles. The Balaban J connectivity index is 1.47. The van der Waals surface area contributed by atoms with E-state index in [0.29, 0.717) is 5.11 Å². The Kier molecular flexibility index (Phi) is 7.32. The van der Waals surface area contributed by atoms with E-state index in [4.69, 9.17) is 28.8 Å². The molecule has 0 amide bonds. The topological polar surface area (TPSA) is 36.3 Å². The number of rotatable bonds is 5. The maximum atomic E-state index is 7.00. The molecule has 2 aromatic carbocycles. The van der Waals surface area contributed by atoms with Crippen molar-refractivity contribution in [3.8, 4) is 5.69 Å². The van der Waals surface area contributed by atoms with Crippen molar-refractivity contribution < 1.29 is 0 Å². The lowest BCUT2D eigenvalue weighted by molar-refractivity contribution is 0.438. The summed E-state index contributed by atoms with van der Waals surface area (Å²) >= 11 is 13.0. The second-order valence-corrected chi connectivity index (χ2v) is 12.0. The third kappa shape index (κ3) is 4.67. The number of anilines is 2. The van der Waals surface area contributed by atoms with Gasteiger partial charge in [0.05, 0.1) is 28.5 Å². The van der Waals surface area contributed by atoms with E-state index in [1.165, 1.54) is 35.4 Å². The fraction of sp³-hybridized carbons (Fsp3) is 0.333. The van der Waals surface area contributed by atoms with E-state index in [-0.39, 0.29) is 12.1 Å². The van der Waals surface area contributed by atoms with Crippen LogP contribution in [0, 0.1) is 26.7 Å². The lowest BCUT2D eigenvalue weighted by Crippen LogP contribution is -2.33. The number of piperidine rings is 1. The molecule has 2 atom stereocenters. The first-order valence-electron chi connectivity index (χ1n) is 14.1. The number of para-hydroxylation sites is 1. The smallest absolute Gasteiger partial charge is 0.174 e. The predicted molar refractivity (Wildman–Crippen MR) is 170 cm³/mol. The molecule has 5 nitrogen and oxygen atoms in total. The van der Waals surface area contributed by atoms with E-state index < -0.39 is 0 Å². The third-order valence-electron chi connectivity index (χ3n) is 8.75. The average molecular weight is 570 g/mol. The molecule has 0 spiro atoms. The lowest BCUT2D eigenvalue weighted by Gasteiger charge is -2.33. The van der Waals surface area contributed by atoms with Gasteiger partial charge in [0, 0.05) is 47.6 Å². The fourth-order valence-corrected chi connectivity index (χ4v) is 7.12. The van der Waals surface area contributed by atoms with Crippen LogP contribution in [0.5, 0.6) is 0 Å². The van der Waals surface area contributed by atoms with E-state index >= 15 is 0 Å². The molecular formula is C33H36ClN5S. The summed E-state index contributed by atoms with van der Waals surface area (Å²) in [5.74, 6) is 0.768. The molecule has 0 aliphatic carbocycles. The van der Waals surface area contributed by atoms with E-state index in [2.05, 4.69) is 102 Å². The first kappa shape index (κ1) is 26.9. The molecule has 4 aromatic rings. The van der Waals surface area contributed by atoms with Crippen LogP contribution in [0.2, 0.25) is 5.02 Å². The molecule has 0 radical (unpaired) electrons. The molecule has 0 unspecified atom stereocenters. The van der Waals surface area contributed by atoms with Gasteiger partial charge in [-0.25, -0.2) is 0 Å². The van der Waals surface area contributed by atoms with E-state index in [1.54, 1.807) is 0 Å². The van der Waals surface area contributed by atoms with Gasteiger partial charge in [-0.15, -0.1) is 0 Å². The highest BCUT2D eigenvalue weighted by molar-refractivity contribution is 7.80. The van der Waals surface area contributed by atoms with Crippen molar-refractivity contribution in [1.82, 2.24) is 14.9 Å². The summed E-state index contributed by atoms with van der Waals surface area (Å²) in [6, 6.07) is 22.9. The van der Waals surface area contributed by atoms with Crippen LogP contribution in [0.15, 0.2) is 72.9 Å². The summed E-state index contributed by atoms with van der Waals surface area (Å²) in [4.78, 5) is 9.41. The number of nitrogens with one attached hydrogen (secondary N) is 1. The highest BCUT2D eigenvalue weighted by Crippen LogP contribution is 2.46. The second-order valence-electron chi connectivity index (χ2n) is 11.2. The minimum Gasteiger partial charge on any atom is -0.370 e. The highest BCUT2D eigenvalue weighted by atomic mass is 35.5. The van der Waals surface area contributed by atoms with Crippen molar-refractivity contribution >= 4 is 40.3 Å². The highest BCUT2D eigenvalue weighted by Gasteiger charge is 2.43. The Labute approximate surface area is 247 Å². The Morgan fingerprint density at radius 3 is 2.30 bits per heavy atom. The molecule has 2 aliphatic rings. The predicted octanol–water partition coefficient (Wildman–Crippen LogP) is 7.86. The van der Waals surface area contributed by atoms with Gasteiger partial charge in [-0.2, -0.15) is 0 Å². The van der Waals surface area contributed by atoms with Crippen molar-refractivity contribution in [2.45, 2.75) is 52.6 Å². The number of hydrogen-bond acceptors (Lipinski definition) is 3. The minimum atomic E-state index is -0.112. The van der Waals surface area contributed by atoms with Crippen LogP contribution in [0.4, 0.5) is 11.4 Å². The largest absolute Gasteiger partial charge is 0.370 e. The first-order valence-corrected chi connectivity index (χ1v) is 14.9. The lowest BCUT2D eigenvalue weighted by atomic mass is 9.93. The number of pyridine rings is 1. The van der Waals surface area contributed by atoms with Crippen LogP contribution in [0.1, 0.15) is 60.1 Å². The van der Waals surface area contributed by atoms with Gasteiger partial charge in [0.1, 0.15) is 0 Å². The molecule has 0 saturated carbocycles. The molecule has 2 fully saturated rings. The summed E-state index contributed by atoms with van der Waals surface area (Å²) in [5.41, 5.74) is 9.16. The van der Waals surface area contributed by atoms with Crippen molar-refractivity contribution in [2.24, 2.45) is 5.92 Å². The normalized spacial score (nSPS) is 19.8. The van der Waals surface area contributed by atoms with Gasteiger partial charge in [-0.05, 0) is 99.8 Å². The van der Waals surface area contributed by atoms with Gasteiger partial charge in [0.25, 0.3) is 0 Å². The van der Waals surface area contributed by atoms with Crippen molar-refractivity contribution in [1.29, 1.82) is 0 Å². The van der Waals surface area contributed by atoms with Crippen LogP contribution < -0.4 is 15.1 Å². The maximum absolute atomic E-state index is 7.00. The molecule has 1 N–H and O–H groups in total. The summed E-state index contributed by atoms with van der Waals surface area (Å²) in [6.07, 6.45) is 4.25. The van der Waals surface area contributed by atoms with E-state index in [9.17, 15) is 0 Å². The molecule has 2 aliphatic heterocycles. The van der Waals surface area contributed by atoms with Gasteiger partial charge in [-0.1, -0.05) is 42.8 Å². The Hall–Kier alpha value is -3.35. The number of benzene rings is 2. The molecule has 206 valence electrons. The maximum Gasteiger partial charge on any atom is 0.174 e. The molecule has 6 rings (SSSR count). The number of aromatic nitrogens is 2. The zero-order valence-electron chi connectivity index (χ0n) is 23.6. The van der Waals surface area contributed by atoms with Crippen molar-refractivity contribution in [3.05, 3.63) is 106 Å². The van der Waals surface area contributed by atoms with Gasteiger partial charge < -0.3 is 19.7 Å². The van der Waals surface area contributed by atoms with Crippen molar-refractivity contribution in [3.63, 3.8) is 0 Å². The van der Waals surface area contributed by atoms with Gasteiger partial charge in [-0.3, -0.25) is 4.98 Å². The van der Waals surface area contributed by atoms with Gasteiger partial charge in [0.15, 0.2) is 5.11 Å². The zero-order chi connectivity index (χ0) is 28.0. The molecule has 40 heavy (non-hydrogen) atoms. The Morgan fingerprint density at radius 1 is 0.900 bits per heavy atom. The fourth-order valence-electron chi connectivity index (χ4n) is 6.48. The minimum absolute atomic E-state index is 0.0937. The summed E-state index contributed by atoms with van der Waals surface area (Å²) in [6.45, 7) is 11.0. The number of nitrogens with zero attached hydrogens (tertiary/aromatic N) is 4.